The first-order chi connectivity index (χ1) is 7.74. The number of nitrogens with one attached hydrogen (secondary N) is 1. The standard InChI is InChI=1S/C11H21N3OS/c1-4-6-9(8-15-3)14-10(7-5-2)12-13-11(14)16/h9H,4-8H2,1-3H3,(H,13,16). The molecule has 0 aliphatic rings. The summed E-state index contributed by atoms with van der Waals surface area (Å²) in [6, 6.07) is 0.308. The van der Waals surface area contributed by atoms with Crippen molar-refractivity contribution in [2.24, 2.45) is 0 Å². The Hall–Kier alpha value is -0.680. The van der Waals surface area contributed by atoms with Gasteiger partial charge in [0.1, 0.15) is 5.82 Å². The highest BCUT2D eigenvalue weighted by Gasteiger charge is 2.15. The van der Waals surface area contributed by atoms with Crippen molar-refractivity contribution in [3.05, 3.63) is 10.6 Å². The highest BCUT2D eigenvalue weighted by Crippen LogP contribution is 2.17. The van der Waals surface area contributed by atoms with Crippen molar-refractivity contribution in [2.75, 3.05) is 13.7 Å². The lowest BCUT2D eigenvalue weighted by Gasteiger charge is -2.18. The zero-order valence-corrected chi connectivity index (χ0v) is 11.1. The fourth-order valence-electron chi connectivity index (χ4n) is 1.93. The van der Waals surface area contributed by atoms with Gasteiger partial charge in [0, 0.05) is 13.5 Å². The van der Waals surface area contributed by atoms with E-state index in [0.717, 1.165) is 31.5 Å². The van der Waals surface area contributed by atoms with Gasteiger partial charge in [-0.25, -0.2) is 0 Å². The molecule has 4 nitrogen and oxygen atoms in total. The number of nitrogens with zero attached hydrogens (tertiary/aromatic N) is 2. The molecule has 1 N–H and O–H groups in total. The van der Waals surface area contributed by atoms with E-state index in [4.69, 9.17) is 17.0 Å². The van der Waals surface area contributed by atoms with E-state index in [1.165, 1.54) is 0 Å². The molecule has 0 spiro atoms. The first kappa shape index (κ1) is 13.4. The van der Waals surface area contributed by atoms with Crippen molar-refractivity contribution in [3.63, 3.8) is 0 Å². The average Bonchev–Trinajstić information content (AvgIpc) is 2.60. The van der Waals surface area contributed by atoms with E-state index >= 15 is 0 Å². The van der Waals surface area contributed by atoms with E-state index in [-0.39, 0.29) is 0 Å². The van der Waals surface area contributed by atoms with Gasteiger partial charge in [-0.2, -0.15) is 5.10 Å². The molecular weight excluding hydrogens is 222 g/mol. The minimum Gasteiger partial charge on any atom is -0.383 e. The number of methoxy groups -OCH3 is 1. The van der Waals surface area contributed by atoms with Gasteiger partial charge in [-0.1, -0.05) is 20.3 Å². The molecule has 0 bridgehead atoms. The molecule has 0 radical (unpaired) electrons. The van der Waals surface area contributed by atoms with E-state index in [2.05, 4.69) is 28.6 Å². The lowest BCUT2D eigenvalue weighted by atomic mass is 10.1. The molecule has 0 amide bonds. The van der Waals surface area contributed by atoms with Crippen LogP contribution < -0.4 is 0 Å². The van der Waals surface area contributed by atoms with Crippen LogP contribution in [0.2, 0.25) is 0 Å². The third kappa shape index (κ3) is 3.15. The normalized spacial score (nSPS) is 12.9. The molecule has 1 aromatic heterocycles. The highest BCUT2D eigenvalue weighted by molar-refractivity contribution is 7.71. The largest absolute Gasteiger partial charge is 0.383 e. The van der Waals surface area contributed by atoms with Crippen LogP contribution >= 0.6 is 12.2 Å². The Kier molecular flexibility index (Phi) is 5.69. The van der Waals surface area contributed by atoms with Gasteiger partial charge in [-0.05, 0) is 25.1 Å². The molecule has 16 heavy (non-hydrogen) atoms. The van der Waals surface area contributed by atoms with Crippen LogP contribution in [0.1, 0.15) is 45.0 Å². The minimum atomic E-state index is 0.308. The lowest BCUT2D eigenvalue weighted by Crippen LogP contribution is -2.17. The first-order valence-electron chi connectivity index (χ1n) is 5.89. The lowest BCUT2D eigenvalue weighted by molar-refractivity contribution is 0.148. The zero-order valence-electron chi connectivity index (χ0n) is 10.3. The third-order valence-electron chi connectivity index (χ3n) is 2.60. The average molecular weight is 243 g/mol. The van der Waals surface area contributed by atoms with Crippen LogP contribution in [0, 0.1) is 4.77 Å². The summed E-state index contributed by atoms with van der Waals surface area (Å²) >= 11 is 5.28. The second kappa shape index (κ2) is 6.81. The number of hydrogen-bond acceptors (Lipinski definition) is 3. The summed E-state index contributed by atoms with van der Waals surface area (Å²) in [4.78, 5) is 0. The number of aromatic amines is 1. The maximum absolute atomic E-state index is 5.28. The van der Waals surface area contributed by atoms with Gasteiger partial charge in [-0.3, -0.25) is 9.67 Å². The van der Waals surface area contributed by atoms with Crippen molar-refractivity contribution in [1.29, 1.82) is 0 Å². The minimum absolute atomic E-state index is 0.308. The maximum atomic E-state index is 5.28. The Labute approximate surface area is 102 Å². The Morgan fingerprint density at radius 3 is 2.75 bits per heavy atom. The van der Waals surface area contributed by atoms with E-state index in [1.807, 2.05) is 0 Å². The van der Waals surface area contributed by atoms with E-state index in [1.54, 1.807) is 7.11 Å². The fourth-order valence-corrected chi connectivity index (χ4v) is 2.23. The highest BCUT2D eigenvalue weighted by atomic mass is 32.1. The number of aromatic nitrogens is 3. The van der Waals surface area contributed by atoms with Crippen molar-refractivity contribution in [3.8, 4) is 0 Å². The van der Waals surface area contributed by atoms with Crippen LogP contribution in [0.25, 0.3) is 0 Å². The smallest absolute Gasteiger partial charge is 0.195 e. The molecule has 0 saturated carbocycles. The van der Waals surface area contributed by atoms with Crippen LogP contribution in [0.3, 0.4) is 0 Å². The van der Waals surface area contributed by atoms with E-state index in [0.29, 0.717) is 17.4 Å². The van der Waals surface area contributed by atoms with E-state index < -0.39 is 0 Å². The zero-order chi connectivity index (χ0) is 12.0. The molecule has 92 valence electrons. The van der Waals surface area contributed by atoms with Gasteiger partial charge in [-0.15, -0.1) is 0 Å². The van der Waals surface area contributed by atoms with Crippen molar-refractivity contribution < 1.29 is 4.74 Å². The molecule has 0 aromatic carbocycles. The van der Waals surface area contributed by atoms with Crippen LogP contribution in [0.15, 0.2) is 0 Å². The van der Waals surface area contributed by atoms with Gasteiger partial charge in [0.05, 0.1) is 12.6 Å². The predicted octanol–water partition coefficient (Wildman–Crippen LogP) is 2.88. The van der Waals surface area contributed by atoms with Crippen molar-refractivity contribution in [2.45, 2.75) is 45.6 Å². The molecule has 0 aliphatic carbocycles. The summed E-state index contributed by atoms with van der Waals surface area (Å²) in [5.41, 5.74) is 0. The second-order valence-electron chi connectivity index (χ2n) is 3.96. The Bertz CT molecular complexity index is 352. The number of ether oxygens (including phenoxy) is 1. The topological polar surface area (TPSA) is 42.8 Å². The number of H-pyrrole nitrogens is 1. The Morgan fingerprint density at radius 1 is 1.44 bits per heavy atom. The molecule has 0 saturated heterocycles. The summed E-state index contributed by atoms with van der Waals surface area (Å²) in [6.07, 6.45) is 4.22. The summed E-state index contributed by atoms with van der Waals surface area (Å²) in [6.45, 7) is 5.01. The fraction of sp³-hybridized carbons (Fsp3) is 0.818. The summed E-state index contributed by atoms with van der Waals surface area (Å²) < 4.78 is 8.08. The molecule has 1 rings (SSSR count). The Balaban J connectivity index is 2.96. The molecule has 0 aliphatic heterocycles. The van der Waals surface area contributed by atoms with Gasteiger partial charge in [0.2, 0.25) is 0 Å². The summed E-state index contributed by atoms with van der Waals surface area (Å²) in [7, 11) is 1.73. The molecule has 1 unspecified atom stereocenters. The molecule has 1 atom stereocenters. The van der Waals surface area contributed by atoms with Gasteiger partial charge in [0.15, 0.2) is 4.77 Å². The number of rotatable bonds is 7. The monoisotopic (exact) mass is 243 g/mol. The van der Waals surface area contributed by atoms with Crippen LogP contribution in [0.5, 0.6) is 0 Å². The molecular formula is C11H21N3OS. The summed E-state index contributed by atoms with van der Waals surface area (Å²) in [5, 5.41) is 7.16. The van der Waals surface area contributed by atoms with Crippen molar-refractivity contribution in [1.82, 2.24) is 14.8 Å². The van der Waals surface area contributed by atoms with Crippen LogP contribution in [0.4, 0.5) is 0 Å². The predicted molar refractivity (Wildman–Crippen MR) is 67.2 cm³/mol. The van der Waals surface area contributed by atoms with Crippen LogP contribution in [-0.2, 0) is 11.2 Å². The van der Waals surface area contributed by atoms with Gasteiger partial charge >= 0.3 is 0 Å². The number of aryl methyl sites for hydroxylation is 1. The molecule has 5 heteroatoms. The van der Waals surface area contributed by atoms with E-state index in [9.17, 15) is 0 Å². The SMILES string of the molecule is CCCc1n[nH]c(=S)n1C(CCC)COC. The maximum Gasteiger partial charge on any atom is 0.195 e. The quantitative estimate of drug-likeness (QED) is 0.749. The molecule has 0 fully saturated rings. The van der Waals surface area contributed by atoms with Gasteiger partial charge < -0.3 is 4.74 Å². The van der Waals surface area contributed by atoms with Crippen LogP contribution in [-0.4, -0.2) is 28.5 Å². The van der Waals surface area contributed by atoms with Gasteiger partial charge in [0.25, 0.3) is 0 Å². The summed E-state index contributed by atoms with van der Waals surface area (Å²) in [5.74, 6) is 1.04. The van der Waals surface area contributed by atoms with Crippen molar-refractivity contribution >= 4 is 12.2 Å². The second-order valence-corrected chi connectivity index (χ2v) is 4.35. The third-order valence-corrected chi connectivity index (χ3v) is 2.89. The molecule has 1 heterocycles. The Morgan fingerprint density at radius 2 is 2.19 bits per heavy atom. The first-order valence-corrected chi connectivity index (χ1v) is 6.30. The number of hydrogen-bond donors (Lipinski definition) is 1. The molecule has 1 aromatic rings.